The molecule has 12 heavy (non-hydrogen) atoms. The standard InChI is InChI=1S/C8H15NO3/c1-5-11-8(10)7(9-4)12-6(2)3/h6-7H,4-5H2,1-3H3. The molecule has 0 N–H and O–H groups in total. The number of nitrogens with zero attached hydrogens (tertiary/aromatic N) is 1. The molecule has 0 saturated heterocycles. The summed E-state index contributed by atoms with van der Waals surface area (Å²) < 4.78 is 9.81. The van der Waals surface area contributed by atoms with Crippen LogP contribution in [0.15, 0.2) is 4.99 Å². The molecule has 4 nitrogen and oxygen atoms in total. The third-order valence-electron chi connectivity index (χ3n) is 1.06. The third-order valence-corrected chi connectivity index (χ3v) is 1.06. The van der Waals surface area contributed by atoms with Crippen molar-refractivity contribution in [3.8, 4) is 0 Å². The number of hydrogen-bond donors (Lipinski definition) is 0. The fraction of sp³-hybridized carbons (Fsp3) is 0.750. The van der Waals surface area contributed by atoms with Gasteiger partial charge in [0.05, 0.1) is 12.7 Å². The molecule has 0 fully saturated rings. The van der Waals surface area contributed by atoms with E-state index in [0.29, 0.717) is 6.61 Å². The number of rotatable bonds is 5. The predicted molar refractivity (Wildman–Crippen MR) is 46.2 cm³/mol. The molecule has 0 aliphatic carbocycles. The maximum atomic E-state index is 11.0. The molecule has 0 heterocycles. The van der Waals surface area contributed by atoms with E-state index in [0.717, 1.165) is 0 Å². The Labute approximate surface area is 72.6 Å². The van der Waals surface area contributed by atoms with E-state index in [-0.39, 0.29) is 6.10 Å². The fourth-order valence-electron chi connectivity index (χ4n) is 0.644. The summed E-state index contributed by atoms with van der Waals surface area (Å²) in [6.07, 6.45) is -0.949. The SMILES string of the molecule is C=NC(OC(C)C)C(=O)OCC. The number of ether oxygens (including phenoxy) is 2. The highest BCUT2D eigenvalue weighted by Crippen LogP contribution is 2.01. The number of esters is 1. The molecule has 0 radical (unpaired) electrons. The summed E-state index contributed by atoms with van der Waals surface area (Å²) in [5.41, 5.74) is 0. The van der Waals surface area contributed by atoms with Gasteiger partial charge in [-0.2, -0.15) is 0 Å². The van der Waals surface area contributed by atoms with Gasteiger partial charge >= 0.3 is 5.97 Å². The summed E-state index contributed by atoms with van der Waals surface area (Å²) in [5, 5.41) is 0. The van der Waals surface area contributed by atoms with Gasteiger partial charge in [0, 0.05) is 0 Å². The van der Waals surface area contributed by atoms with Crippen molar-refractivity contribution in [3.05, 3.63) is 0 Å². The van der Waals surface area contributed by atoms with Gasteiger partial charge in [-0.3, -0.25) is 4.99 Å². The van der Waals surface area contributed by atoms with Gasteiger partial charge in [0.25, 0.3) is 0 Å². The lowest BCUT2D eigenvalue weighted by Crippen LogP contribution is -2.27. The van der Waals surface area contributed by atoms with Gasteiger partial charge in [-0.05, 0) is 27.5 Å². The molecule has 0 spiro atoms. The van der Waals surface area contributed by atoms with Crippen molar-refractivity contribution < 1.29 is 14.3 Å². The van der Waals surface area contributed by atoms with Crippen LogP contribution < -0.4 is 0 Å². The Morgan fingerprint density at radius 1 is 1.58 bits per heavy atom. The van der Waals surface area contributed by atoms with Crippen LogP contribution >= 0.6 is 0 Å². The quantitative estimate of drug-likeness (QED) is 0.460. The van der Waals surface area contributed by atoms with Gasteiger partial charge < -0.3 is 9.47 Å². The van der Waals surface area contributed by atoms with Crippen molar-refractivity contribution in [2.75, 3.05) is 6.61 Å². The highest BCUT2D eigenvalue weighted by Gasteiger charge is 2.18. The lowest BCUT2D eigenvalue weighted by atomic mass is 10.4. The first-order valence-corrected chi connectivity index (χ1v) is 3.89. The highest BCUT2D eigenvalue weighted by atomic mass is 16.6. The maximum absolute atomic E-state index is 11.0. The molecular formula is C8H15NO3. The van der Waals surface area contributed by atoms with E-state index >= 15 is 0 Å². The van der Waals surface area contributed by atoms with Gasteiger partial charge in [0.15, 0.2) is 0 Å². The predicted octanol–water partition coefficient (Wildman–Crippen LogP) is 1.00. The Balaban J connectivity index is 3.96. The van der Waals surface area contributed by atoms with Crippen molar-refractivity contribution in [2.24, 2.45) is 4.99 Å². The lowest BCUT2D eigenvalue weighted by Gasteiger charge is -2.13. The van der Waals surface area contributed by atoms with Crippen LogP contribution in [-0.2, 0) is 14.3 Å². The first-order valence-electron chi connectivity index (χ1n) is 3.89. The zero-order valence-electron chi connectivity index (χ0n) is 7.74. The minimum absolute atomic E-state index is 0.0649. The Morgan fingerprint density at radius 2 is 2.17 bits per heavy atom. The van der Waals surface area contributed by atoms with E-state index in [1.165, 1.54) is 0 Å². The Morgan fingerprint density at radius 3 is 2.50 bits per heavy atom. The Hall–Kier alpha value is -0.900. The first-order chi connectivity index (χ1) is 5.61. The molecule has 0 aromatic rings. The average Bonchev–Trinajstić information content (AvgIpc) is 2.00. The van der Waals surface area contributed by atoms with Crippen molar-refractivity contribution in [2.45, 2.75) is 33.1 Å². The summed E-state index contributed by atoms with van der Waals surface area (Å²) in [6, 6.07) is 0. The van der Waals surface area contributed by atoms with E-state index in [2.05, 4.69) is 11.7 Å². The molecule has 1 atom stereocenters. The summed E-state index contributed by atoms with van der Waals surface area (Å²) >= 11 is 0. The van der Waals surface area contributed by atoms with E-state index in [4.69, 9.17) is 9.47 Å². The molecule has 0 bridgehead atoms. The van der Waals surface area contributed by atoms with Crippen molar-refractivity contribution >= 4 is 12.7 Å². The van der Waals surface area contributed by atoms with Crippen LogP contribution in [0.1, 0.15) is 20.8 Å². The van der Waals surface area contributed by atoms with Crippen molar-refractivity contribution in [1.29, 1.82) is 0 Å². The summed E-state index contributed by atoms with van der Waals surface area (Å²) in [7, 11) is 0. The Kier molecular flexibility index (Phi) is 5.28. The first kappa shape index (κ1) is 11.1. The van der Waals surface area contributed by atoms with Gasteiger partial charge in [-0.25, -0.2) is 4.79 Å². The summed E-state index contributed by atoms with van der Waals surface area (Å²) in [4.78, 5) is 14.5. The van der Waals surface area contributed by atoms with Gasteiger partial charge in [-0.1, -0.05) is 0 Å². The van der Waals surface area contributed by atoms with Gasteiger partial charge in [0.1, 0.15) is 0 Å². The number of aliphatic imine (C=N–C) groups is 1. The van der Waals surface area contributed by atoms with Crippen molar-refractivity contribution in [3.63, 3.8) is 0 Å². The second-order valence-electron chi connectivity index (χ2n) is 2.47. The number of carbonyl (C=O) groups is 1. The molecule has 0 aliphatic rings. The van der Waals surface area contributed by atoms with Crippen LogP contribution in [-0.4, -0.2) is 31.6 Å². The molecule has 0 aromatic carbocycles. The largest absolute Gasteiger partial charge is 0.463 e. The molecule has 0 aromatic heterocycles. The average molecular weight is 173 g/mol. The van der Waals surface area contributed by atoms with E-state index in [1.807, 2.05) is 13.8 Å². The van der Waals surface area contributed by atoms with E-state index in [9.17, 15) is 4.79 Å². The number of carbonyl (C=O) groups excluding carboxylic acids is 1. The smallest absolute Gasteiger partial charge is 0.358 e. The van der Waals surface area contributed by atoms with Crippen LogP contribution in [0.2, 0.25) is 0 Å². The number of hydrogen-bond acceptors (Lipinski definition) is 4. The Bertz CT molecular complexity index is 156. The molecule has 0 rings (SSSR count). The van der Waals surface area contributed by atoms with Crippen molar-refractivity contribution in [1.82, 2.24) is 0 Å². The van der Waals surface area contributed by atoms with Gasteiger partial charge in [-0.15, -0.1) is 0 Å². The normalized spacial score (nSPS) is 12.7. The monoisotopic (exact) mass is 173 g/mol. The van der Waals surface area contributed by atoms with Gasteiger partial charge in [0.2, 0.25) is 6.23 Å². The fourth-order valence-corrected chi connectivity index (χ4v) is 0.644. The minimum Gasteiger partial charge on any atom is -0.463 e. The van der Waals surface area contributed by atoms with Crippen LogP contribution in [0.4, 0.5) is 0 Å². The minimum atomic E-state index is -0.884. The summed E-state index contributed by atoms with van der Waals surface area (Å²) in [6.45, 7) is 8.93. The zero-order valence-corrected chi connectivity index (χ0v) is 7.74. The molecule has 70 valence electrons. The van der Waals surface area contributed by atoms with Crippen LogP contribution in [0.3, 0.4) is 0 Å². The van der Waals surface area contributed by atoms with Crippen LogP contribution in [0, 0.1) is 0 Å². The lowest BCUT2D eigenvalue weighted by molar-refractivity contribution is -0.158. The summed E-state index contributed by atoms with van der Waals surface area (Å²) in [5.74, 6) is -0.485. The molecule has 1 unspecified atom stereocenters. The maximum Gasteiger partial charge on any atom is 0.358 e. The topological polar surface area (TPSA) is 47.9 Å². The zero-order chi connectivity index (χ0) is 9.56. The molecule has 0 amide bonds. The second-order valence-corrected chi connectivity index (χ2v) is 2.47. The van der Waals surface area contributed by atoms with Crippen LogP contribution in [0.25, 0.3) is 0 Å². The second kappa shape index (κ2) is 5.71. The van der Waals surface area contributed by atoms with Crippen LogP contribution in [0.5, 0.6) is 0 Å². The highest BCUT2D eigenvalue weighted by molar-refractivity contribution is 5.75. The molecular weight excluding hydrogens is 158 g/mol. The van der Waals surface area contributed by atoms with E-state index < -0.39 is 12.2 Å². The third kappa shape index (κ3) is 4.08. The van der Waals surface area contributed by atoms with E-state index in [1.54, 1.807) is 6.92 Å². The molecule has 0 aliphatic heterocycles. The molecule has 4 heteroatoms. The molecule has 0 saturated carbocycles.